The van der Waals surface area contributed by atoms with Crippen molar-refractivity contribution in [1.82, 2.24) is 0 Å². The van der Waals surface area contributed by atoms with Crippen LogP contribution in [0.3, 0.4) is 0 Å². The van der Waals surface area contributed by atoms with Gasteiger partial charge < -0.3 is 36.8 Å². The summed E-state index contributed by atoms with van der Waals surface area (Å²) in [6.07, 6.45) is 3.44. The number of hydrogen-bond acceptors (Lipinski definition) is 10. The van der Waals surface area contributed by atoms with Gasteiger partial charge in [0.2, 0.25) is 0 Å². The van der Waals surface area contributed by atoms with Crippen LogP contribution in [-0.2, 0) is 21.9 Å². The molecule has 2 N–H and O–H groups in total. The van der Waals surface area contributed by atoms with Crippen LogP contribution in [0.25, 0.3) is 6.08 Å². The van der Waals surface area contributed by atoms with Crippen LogP contribution in [-0.4, -0.2) is 76.0 Å². The van der Waals surface area contributed by atoms with Crippen molar-refractivity contribution in [2.24, 2.45) is 0 Å². The van der Waals surface area contributed by atoms with Crippen LogP contribution < -0.4 is 9.47 Å². The molecule has 0 aliphatic rings. The Morgan fingerprint density at radius 1 is 0.725 bits per heavy atom. The third-order valence-corrected chi connectivity index (χ3v) is 18.6. The number of carbonyl (C=O) groups is 2. The van der Waals surface area contributed by atoms with Crippen molar-refractivity contribution in [2.45, 2.75) is 84.4 Å². The van der Waals surface area contributed by atoms with E-state index in [-0.39, 0.29) is 28.9 Å². The Labute approximate surface area is 308 Å². The van der Waals surface area contributed by atoms with Gasteiger partial charge in [-0.15, -0.1) is 0 Å². The number of aromatic hydroxyl groups is 2. The lowest BCUT2D eigenvalue weighted by atomic mass is 10.0. The summed E-state index contributed by atoms with van der Waals surface area (Å²) in [7, 11) is -5.62. The van der Waals surface area contributed by atoms with E-state index in [0.717, 1.165) is 11.6 Å². The van der Waals surface area contributed by atoms with Crippen molar-refractivity contribution in [3.63, 3.8) is 0 Å². The Morgan fingerprint density at radius 2 is 1.27 bits per heavy atom. The van der Waals surface area contributed by atoms with Crippen LogP contribution in [0.2, 0.25) is 65.0 Å². The predicted molar refractivity (Wildman–Crippen MR) is 212 cm³/mol. The number of benzene rings is 3. The zero-order chi connectivity index (χ0) is 38.6. The second-order valence-electron chi connectivity index (χ2n) is 15.0. The quantitative estimate of drug-likeness (QED) is 0.0631. The highest BCUT2D eigenvalue weighted by atomic mass is 28.5. The molecule has 10 nitrogen and oxygen atoms in total. The minimum absolute atomic E-state index is 0.0675. The molecule has 0 fully saturated rings. The molecule has 0 bridgehead atoms. The molecule has 0 heterocycles. The molecule has 0 spiro atoms. The van der Waals surface area contributed by atoms with Gasteiger partial charge in [-0.1, -0.05) is 36.4 Å². The molecule has 0 aliphatic carbocycles. The van der Waals surface area contributed by atoms with Crippen LogP contribution in [0.4, 0.5) is 0 Å². The van der Waals surface area contributed by atoms with E-state index in [1.54, 1.807) is 56.7 Å². The van der Waals surface area contributed by atoms with Crippen LogP contribution in [0.15, 0.2) is 72.8 Å². The highest BCUT2D eigenvalue weighted by molar-refractivity contribution is 6.90. The van der Waals surface area contributed by atoms with Crippen molar-refractivity contribution in [1.29, 1.82) is 0 Å². The lowest BCUT2D eigenvalue weighted by Gasteiger charge is -2.43. The van der Waals surface area contributed by atoms with E-state index < -0.39 is 39.7 Å². The number of hydrogen-bond donors (Lipinski definition) is 2. The molecule has 0 aromatic heterocycles. The number of phenols is 2. The monoisotopic (exact) mass is 772 g/mol. The summed E-state index contributed by atoms with van der Waals surface area (Å²) in [5, 5.41) is 18.7. The Hall–Kier alpha value is -3.51. The fourth-order valence-electron chi connectivity index (χ4n) is 4.87. The molecule has 0 aliphatic heterocycles. The van der Waals surface area contributed by atoms with Crippen molar-refractivity contribution >= 4 is 51.6 Å². The van der Waals surface area contributed by atoms with Crippen molar-refractivity contribution in [2.75, 3.05) is 14.2 Å². The maximum atomic E-state index is 12.5. The largest absolute Gasteiger partial charge is 0.508 e. The highest BCUT2D eigenvalue weighted by Gasteiger charge is 2.50. The van der Waals surface area contributed by atoms with E-state index in [2.05, 4.69) is 58.9 Å². The van der Waals surface area contributed by atoms with Gasteiger partial charge in [-0.2, -0.15) is 0 Å². The number of carbonyl (C=O) groups excluding carboxylic acids is 2. The maximum absolute atomic E-state index is 12.5. The molecule has 51 heavy (non-hydrogen) atoms. The van der Waals surface area contributed by atoms with E-state index in [9.17, 15) is 14.7 Å². The molecule has 280 valence electrons. The average molecular weight is 773 g/mol. The lowest BCUT2D eigenvalue weighted by molar-refractivity contribution is -0.142. The molecule has 0 radical (unpaired) electrons. The smallest absolute Gasteiger partial charge is 0.469 e. The summed E-state index contributed by atoms with van der Waals surface area (Å²) >= 11 is 0. The Balaban J connectivity index is 0.000000463. The number of ether oxygens (including phenoxy) is 3. The molecule has 3 aromatic rings. The van der Waals surface area contributed by atoms with E-state index in [4.69, 9.17) is 31.7 Å². The van der Waals surface area contributed by atoms with Gasteiger partial charge in [0.25, 0.3) is 0 Å². The first kappa shape index (κ1) is 43.7. The summed E-state index contributed by atoms with van der Waals surface area (Å²) in [4.78, 5) is 24.4. The maximum Gasteiger partial charge on any atom is 0.469 e. The second kappa shape index (κ2) is 18.8. The van der Waals surface area contributed by atoms with Gasteiger partial charge in [0.15, 0.2) is 42.2 Å². The topological polar surface area (TPSA) is 130 Å². The Kier molecular flexibility index (Phi) is 16.1. The molecule has 0 saturated carbocycles. The molecular weight excluding hydrogens is 717 g/mol. The summed E-state index contributed by atoms with van der Waals surface area (Å²) in [5.41, 5.74) is 1.50. The molecule has 14 heteroatoms. The zero-order valence-electron chi connectivity index (χ0n) is 32.2. The molecule has 0 saturated heterocycles. The first-order valence-corrected chi connectivity index (χ1v) is 29.0. The van der Waals surface area contributed by atoms with E-state index >= 15 is 0 Å². The average Bonchev–Trinajstić information content (AvgIpc) is 3.00. The second-order valence-corrected chi connectivity index (χ2v) is 31.9. The van der Waals surface area contributed by atoms with Crippen molar-refractivity contribution in [3.05, 3.63) is 89.5 Å². The minimum Gasteiger partial charge on any atom is -0.508 e. The summed E-state index contributed by atoms with van der Waals surface area (Å²) < 4.78 is 36.4. The van der Waals surface area contributed by atoms with Gasteiger partial charge in [0.1, 0.15) is 11.5 Å². The molecule has 1 unspecified atom stereocenters. The van der Waals surface area contributed by atoms with Crippen LogP contribution in [0.1, 0.15) is 34.8 Å². The van der Waals surface area contributed by atoms with Crippen molar-refractivity contribution < 1.29 is 46.4 Å². The fourth-order valence-corrected chi connectivity index (χ4v) is 19.7. The first-order chi connectivity index (χ1) is 23.5. The highest BCUT2D eigenvalue weighted by Crippen LogP contribution is 2.31. The summed E-state index contributed by atoms with van der Waals surface area (Å²) in [6.45, 7) is 21.4. The molecule has 0 amide bonds. The van der Waals surface area contributed by atoms with Gasteiger partial charge in [0.05, 0.1) is 25.9 Å². The van der Waals surface area contributed by atoms with Gasteiger partial charge in [-0.25, -0.2) is 4.79 Å². The van der Waals surface area contributed by atoms with Gasteiger partial charge in [-0.3, -0.25) is 4.79 Å². The van der Waals surface area contributed by atoms with Crippen LogP contribution in [0.5, 0.6) is 23.0 Å². The SMILES string of the molecule is COc1ccc(C=CC(=O)OC(C)CC[Si](O[Si](C)(C)C)(O[Si](C)(C)C)O[Si](C)(C)C)cc1OC.O=C(c1ccccc1)c1ccc(O)cc1O. The number of esters is 1. The Morgan fingerprint density at radius 3 is 1.76 bits per heavy atom. The van der Waals surface area contributed by atoms with Crippen molar-refractivity contribution in [3.8, 4) is 23.0 Å². The number of methoxy groups -OCH3 is 2. The molecule has 3 aromatic carbocycles. The Bertz CT molecular complexity index is 1570. The summed E-state index contributed by atoms with van der Waals surface area (Å²) in [6, 6.07) is 18.7. The van der Waals surface area contributed by atoms with E-state index in [0.29, 0.717) is 29.5 Å². The summed E-state index contributed by atoms with van der Waals surface area (Å²) in [5.74, 6) is 0.289. The number of ketones is 1. The third kappa shape index (κ3) is 16.1. The van der Waals surface area contributed by atoms with Crippen LogP contribution in [0, 0.1) is 0 Å². The van der Waals surface area contributed by atoms with Gasteiger partial charge in [-0.05, 0) is 108 Å². The standard InChI is InChI=1S/C24H46O7Si4.C13H10O3/c1-20(28-24(25)16-14-21-13-15-22(26-2)23(19-21)27-3)17-18-35(29-32(4,5)6,30-33(7,8)9)31-34(10,11)12;14-10-6-7-11(12(15)8-10)13(16)9-4-2-1-3-5-9/h13-16,19-20H,17-18H2,1-12H3;1-8,14-15H. The van der Waals surface area contributed by atoms with E-state index in [1.807, 2.05) is 19.1 Å². The first-order valence-electron chi connectivity index (χ1n) is 16.9. The van der Waals surface area contributed by atoms with E-state index in [1.165, 1.54) is 18.2 Å². The third-order valence-electron chi connectivity index (χ3n) is 6.64. The van der Waals surface area contributed by atoms with Crippen LogP contribution >= 0.6 is 0 Å². The number of rotatable bonds is 16. The molecule has 1 atom stereocenters. The van der Waals surface area contributed by atoms with Gasteiger partial charge in [0, 0.05) is 23.7 Å². The fraction of sp³-hybridized carbons (Fsp3) is 0.405. The predicted octanol–water partition coefficient (Wildman–Crippen LogP) is 8.86. The van der Waals surface area contributed by atoms with Gasteiger partial charge >= 0.3 is 14.8 Å². The normalized spacial score (nSPS) is 12.9. The lowest BCUT2D eigenvalue weighted by Crippen LogP contribution is -2.60. The minimum atomic E-state index is -2.96. The molecular formula is C37H56O10Si4. The number of phenolic OH excluding ortho intramolecular Hbond substituents is 2. The molecule has 3 rings (SSSR count). The zero-order valence-corrected chi connectivity index (χ0v) is 36.2.